The number of nitrogens with two attached hydrogens (primary N) is 1. The largest absolute Gasteiger partial charge is 0.488 e. The SMILES string of the molecule is CCCCCCC(C)Oc1cc2c(cc1N)OCC(=O)N2. The number of hydrogen-bond acceptors (Lipinski definition) is 4. The Morgan fingerprint density at radius 1 is 1.38 bits per heavy atom. The molecule has 0 saturated heterocycles. The monoisotopic (exact) mass is 292 g/mol. The van der Waals surface area contributed by atoms with Crippen LogP contribution in [0.15, 0.2) is 12.1 Å². The molecule has 1 unspecified atom stereocenters. The zero-order chi connectivity index (χ0) is 15.2. The van der Waals surface area contributed by atoms with Crippen molar-refractivity contribution >= 4 is 17.3 Å². The summed E-state index contributed by atoms with van der Waals surface area (Å²) in [5.74, 6) is 1.03. The molecule has 21 heavy (non-hydrogen) atoms. The molecule has 0 spiro atoms. The van der Waals surface area contributed by atoms with E-state index in [4.69, 9.17) is 15.2 Å². The van der Waals surface area contributed by atoms with Gasteiger partial charge in [0.25, 0.3) is 5.91 Å². The quantitative estimate of drug-likeness (QED) is 0.597. The average molecular weight is 292 g/mol. The molecule has 116 valence electrons. The van der Waals surface area contributed by atoms with Gasteiger partial charge in [0.15, 0.2) is 6.61 Å². The number of amides is 1. The van der Waals surface area contributed by atoms with Crippen LogP contribution in [0, 0.1) is 0 Å². The molecule has 1 atom stereocenters. The van der Waals surface area contributed by atoms with Crippen molar-refractivity contribution in [3.63, 3.8) is 0 Å². The Balaban J connectivity index is 1.96. The number of ether oxygens (including phenoxy) is 2. The lowest BCUT2D eigenvalue weighted by Gasteiger charge is -2.21. The van der Waals surface area contributed by atoms with Gasteiger partial charge in [0.05, 0.1) is 17.5 Å². The maximum absolute atomic E-state index is 11.3. The summed E-state index contributed by atoms with van der Waals surface area (Å²) in [6, 6.07) is 3.44. The fraction of sp³-hybridized carbons (Fsp3) is 0.562. The third-order valence-corrected chi connectivity index (χ3v) is 3.54. The van der Waals surface area contributed by atoms with Gasteiger partial charge in [-0.15, -0.1) is 0 Å². The van der Waals surface area contributed by atoms with E-state index in [1.807, 2.05) is 6.92 Å². The van der Waals surface area contributed by atoms with Crippen LogP contribution in [0.25, 0.3) is 0 Å². The molecule has 1 aliphatic heterocycles. The molecule has 5 heteroatoms. The van der Waals surface area contributed by atoms with Gasteiger partial charge in [-0.25, -0.2) is 0 Å². The summed E-state index contributed by atoms with van der Waals surface area (Å²) in [6.45, 7) is 4.27. The molecule has 0 aromatic heterocycles. The molecule has 1 aromatic carbocycles. The predicted molar refractivity (Wildman–Crippen MR) is 83.8 cm³/mol. The van der Waals surface area contributed by atoms with Crippen LogP contribution in [0.3, 0.4) is 0 Å². The molecule has 0 radical (unpaired) electrons. The Bertz CT molecular complexity index is 503. The highest BCUT2D eigenvalue weighted by Gasteiger charge is 2.19. The standard InChI is InChI=1S/C16H24N2O3/c1-3-4-5-6-7-11(2)21-14-9-13-15(8-12(14)17)20-10-16(19)18-13/h8-9,11H,3-7,10,17H2,1-2H3,(H,18,19). The Hall–Kier alpha value is -1.91. The Morgan fingerprint density at radius 3 is 2.95 bits per heavy atom. The van der Waals surface area contributed by atoms with Gasteiger partial charge < -0.3 is 20.5 Å². The molecule has 0 aliphatic carbocycles. The van der Waals surface area contributed by atoms with Gasteiger partial charge in [-0.05, 0) is 19.8 Å². The summed E-state index contributed by atoms with van der Waals surface area (Å²) in [6.07, 6.45) is 5.97. The number of nitrogens with one attached hydrogen (secondary N) is 1. The van der Waals surface area contributed by atoms with Crippen molar-refractivity contribution in [1.29, 1.82) is 0 Å². The second-order valence-electron chi connectivity index (χ2n) is 5.50. The number of unbranched alkanes of at least 4 members (excludes halogenated alkanes) is 3. The van der Waals surface area contributed by atoms with E-state index in [0.29, 0.717) is 22.9 Å². The third-order valence-electron chi connectivity index (χ3n) is 3.54. The first-order valence-corrected chi connectivity index (χ1v) is 7.63. The van der Waals surface area contributed by atoms with E-state index in [-0.39, 0.29) is 18.6 Å². The van der Waals surface area contributed by atoms with Crippen molar-refractivity contribution < 1.29 is 14.3 Å². The van der Waals surface area contributed by atoms with E-state index in [1.165, 1.54) is 19.3 Å². The maximum atomic E-state index is 11.3. The normalized spacial score (nSPS) is 14.9. The second kappa shape index (κ2) is 7.20. The predicted octanol–water partition coefficient (Wildman–Crippen LogP) is 3.34. The number of rotatable bonds is 7. The van der Waals surface area contributed by atoms with Crippen LogP contribution in [0.1, 0.15) is 46.0 Å². The van der Waals surface area contributed by atoms with Crippen LogP contribution >= 0.6 is 0 Å². The summed E-state index contributed by atoms with van der Waals surface area (Å²) in [4.78, 5) is 11.3. The lowest BCUT2D eigenvalue weighted by Crippen LogP contribution is -2.25. The lowest BCUT2D eigenvalue weighted by atomic mass is 10.1. The third kappa shape index (κ3) is 4.28. The second-order valence-corrected chi connectivity index (χ2v) is 5.50. The maximum Gasteiger partial charge on any atom is 0.262 e. The minimum Gasteiger partial charge on any atom is -0.488 e. The fourth-order valence-corrected chi connectivity index (χ4v) is 2.36. The van der Waals surface area contributed by atoms with Crippen molar-refractivity contribution in [1.82, 2.24) is 0 Å². The highest BCUT2D eigenvalue weighted by atomic mass is 16.5. The van der Waals surface area contributed by atoms with Crippen LogP contribution < -0.4 is 20.5 Å². The van der Waals surface area contributed by atoms with Crippen molar-refractivity contribution in [3.05, 3.63) is 12.1 Å². The van der Waals surface area contributed by atoms with Gasteiger partial charge in [0.1, 0.15) is 11.5 Å². The smallest absolute Gasteiger partial charge is 0.262 e. The van der Waals surface area contributed by atoms with Crippen LogP contribution in [0.2, 0.25) is 0 Å². The number of carbonyl (C=O) groups is 1. The zero-order valence-corrected chi connectivity index (χ0v) is 12.8. The van der Waals surface area contributed by atoms with E-state index in [0.717, 1.165) is 12.8 Å². The average Bonchev–Trinajstić information content (AvgIpc) is 2.45. The molecule has 3 N–H and O–H groups in total. The topological polar surface area (TPSA) is 73.6 Å². The fourth-order valence-electron chi connectivity index (χ4n) is 2.36. The minimum atomic E-state index is -0.161. The lowest BCUT2D eigenvalue weighted by molar-refractivity contribution is -0.118. The first-order chi connectivity index (χ1) is 10.1. The van der Waals surface area contributed by atoms with E-state index < -0.39 is 0 Å². The minimum absolute atomic E-state index is 0.0282. The van der Waals surface area contributed by atoms with Gasteiger partial charge >= 0.3 is 0 Å². The highest BCUT2D eigenvalue weighted by Crippen LogP contribution is 2.37. The molecule has 0 fully saturated rings. The molecule has 1 aromatic rings. The van der Waals surface area contributed by atoms with Gasteiger partial charge in [0, 0.05) is 12.1 Å². The Kier molecular flexibility index (Phi) is 5.31. The van der Waals surface area contributed by atoms with Crippen LogP contribution in [0.5, 0.6) is 11.5 Å². The van der Waals surface area contributed by atoms with Crippen molar-refractivity contribution in [2.24, 2.45) is 0 Å². The Labute approximate surface area is 125 Å². The van der Waals surface area contributed by atoms with Crippen molar-refractivity contribution in [2.75, 3.05) is 17.7 Å². The Morgan fingerprint density at radius 2 is 2.19 bits per heavy atom. The van der Waals surface area contributed by atoms with Gasteiger partial charge in [-0.2, -0.15) is 0 Å². The van der Waals surface area contributed by atoms with E-state index in [1.54, 1.807) is 12.1 Å². The number of benzene rings is 1. The summed E-state index contributed by atoms with van der Waals surface area (Å²) in [7, 11) is 0. The molecule has 1 amide bonds. The van der Waals surface area contributed by atoms with E-state index in [2.05, 4.69) is 12.2 Å². The number of fused-ring (bicyclic) bond motifs is 1. The van der Waals surface area contributed by atoms with Crippen molar-refractivity contribution in [3.8, 4) is 11.5 Å². The van der Waals surface area contributed by atoms with Gasteiger partial charge in [0.2, 0.25) is 0 Å². The number of anilines is 2. The molecule has 0 bridgehead atoms. The first-order valence-electron chi connectivity index (χ1n) is 7.63. The number of hydrogen-bond donors (Lipinski definition) is 2. The molecule has 0 saturated carbocycles. The molecule has 5 nitrogen and oxygen atoms in total. The highest BCUT2D eigenvalue weighted by molar-refractivity contribution is 5.96. The zero-order valence-electron chi connectivity index (χ0n) is 12.8. The van der Waals surface area contributed by atoms with Crippen LogP contribution in [0.4, 0.5) is 11.4 Å². The van der Waals surface area contributed by atoms with E-state index >= 15 is 0 Å². The molecule has 1 aliphatic rings. The summed E-state index contributed by atoms with van der Waals surface area (Å²) < 4.78 is 11.2. The van der Waals surface area contributed by atoms with Gasteiger partial charge in [-0.1, -0.05) is 26.2 Å². The van der Waals surface area contributed by atoms with Crippen molar-refractivity contribution in [2.45, 2.75) is 52.1 Å². The van der Waals surface area contributed by atoms with Crippen LogP contribution in [-0.2, 0) is 4.79 Å². The first kappa shape index (κ1) is 15.5. The summed E-state index contributed by atoms with van der Waals surface area (Å²) >= 11 is 0. The summed E-state index contributed by atoms with van der Waals surface area (Å²) in [5.41, 5.74) is 7.14. The van der Waals surface area contributed by atoms with E-state index in [9.17, 15) is 4.79 Å². The number of carbonyl (C=O) groups excluding carboxylic acids is 1. The molecule has 1 heterocycles. The summed E-state index contributed by atoms with van der Waals surface area (Å²) in [5, 5.41) is 2.76. The molecular weight excluding hydrogens is 268 g/mol. The van der Waals surface area contributed by atoms with Gasteiger partial charge in [-0.3, -0.25) is 4.79 Å². The number of nitrogen functional groups attached to an aromatic ring is 1. The molecular formula is C16H24N2O3. The van der Waals surface area contributed by atoms with Crippen LogP contribution in [-0.4, -0.2) is 18.6 Å². The molecule has 2 rings (SSSR count).